The van der Waals surface area contributed by atoms with Crippen LogP contribution >= 0.6 is 11.6 Å². The fourth-order valence-electron chi connectivity index (χ4n) is 3.96. The molecule has 1 saturated heterocycles. The number of anilines is 1. The lowest BCUT2D eigenvalue weighted by Crippen LogP contribution is -2.23. The Morgan fingerprint density at radius 1 is 1.10 bits per heavy atom. The Morgan fingerprint density at radius 2 is 1.81 bits per heavy atom. The van der Waals surface area contributed by atoms with Gasteiger partial charge in [-0.2, -0.15) is 5.10 Å². The normalized spacial score (nSPS) is 13.6. The number of hydrogen-bond acceptors (Lipinski definition) is 5. The first-order valence-corrected chi connectivity index (χ1v) is 11.0. The highest BCUT2D eigenvalue weighted by atomic mass is 35.5. The summed E-state index contributed by atoms with van der Waals surface area (Å²) in [6.07, 6.45) is 5.04. The summed E-state index contributed by atoms with van der Waals surface area (Å²) in [5.41, 5.74) is 4.04. The number of rotatable bonds is 7. The highest BCUT2D eigenvalue weighted by Crippen LogP contribution is 2.22. The maximum Gasteiger partial charge on any atom is 0.220 e. The first-order valence-electron chi connectivity index (χ1n) is 10.6. The number of nitrogens with zero attached hydrogens (tertiary/aromatic N) is 5. The molecule has 162 valence electrons. The van der Waals surface area contributed by atoms with Gasteiger partial charge in [0.05, 0.1) is 5.69 Å². The van der Waals surface area contributed by atoms with E-state index in [1.165, 1.54) is 12.8 Å². The number of amides is 1. The van der Waals surface area contributed by atoms with Crippen LogP contribution in [0.25, 0.3) is 5.82 Å². The number of nitrogens with one attached hydrogen (secondary N) is 1. The van der Waals surface area contributed by atoms with E-state index in [2.05, 4.69) is 20.2 Å². The number of carbonyl (C=O) groups is 1. The number of halogens is 1. The smallest absolute Gasteiger partial charge is 0.220 e. The molecule has 3 heterocycles. The van der Waals surface area contributed by atoms with Crippen LogP contribution < -0.4 is 10.2 Å². The first kappa shape index (κ1) is 21.3. The Hall–Kier alpha value is -2.93. The van der Waals surface area contributed by atoms with E-state index in [9.17, 15) is 4.79 Å². The first-order chi connectivity index (χ1) is 15.0. The molecule has 0 saturated carbocycles. The van der Waals surface area contributed by atoms with Crippen LogP contribution in [-0.2, 0) is 17.8 Å². The van der Waals surface area contributed by atoms with E-state index in [4.69, 9.17) is 16.7 Å². The number of carbonyl (C=O) groups excluding carboxylic acids is 1. The molecular formula is C23H27ClN6O. The number of aryl methyl sites for hydroxylation is 1. The molecule has 1 aliphatic rings. The summed E-state index contributed by atoms with van der Waals surface area (Å²) in [6, 6.07) is 9.48. The molecule has 4 rings (SSSR count). The Morgan fingerprint density at radius 3 is 2.55 bits per heavy atom. The van der Waals surface area contributed by atoms with Crippen molar-refractivity contribution in [2.45, 2.75) is 46.1 Å². The van der Waals surface area contributed by atoms with Crippen molar-refractivity contribution < 1.29 is 4.79 Å². The zero-order chi connectivity index (χ0) is 21.8. The zero-order valence-corrected chi connectivity index (χ0v) is 18.7. The van der Waals surface area contributed by atoms with Gasteiger partial charge in [-0.1, -0.05) is 23.7 Å². The van der Waals surface area contributed by atoms with E-state index >= 15 is 0 Å². The predicted molar refractivity (Wildman–Crippen MR) is 122 cm³/mol. The van der Waals surface area contributed by atoms with Crippen LogP contribution in [-0.4, -0.2) is 38.7 Å². The predicted octanol–water partition coefficient (Wildman–Crippen LogP) is 3.78. The molecular weight excluding hydrogens is 412 g/mol. The van der Waals surface area contributed by atoms with Crippen molar-refractivity contribution in [2.75, 3.05) is 18.0 Å². The van der Waals surface area contributed by atoms with E-state index in [0.717, 1.165) is 47.2 Å². The van der Waals surface area contributed by atoms with Gasteiger partial charge in [-0.3, -0.25) is 4.79 Å². The maximum atomic E-state index is 12.4. The van der Waals surface area contributed by atoms with Gasteiger partial charge >= 0.3 is 0 Å². The molecule has 7 nitrogen and oxygen atoms in total. The van der Waals surface area contributed by atoms with E-state index in [1.54, 1.807) is 6.33 Å². The second-order valence-electron chi connectivity index (χ2n) is 7.89. The Bertz CT molecular complexity index is 1060. The topological polar surface area (TPSA) is 75.9 Å². The summed E-state index contributed by atoms with van der Waals surface area (Å²) in [5, 5.41) is 8.35. The van der Waals surface area contributed by atoms with Crippen molar-refractivity contribution in [1.29, 1.82) is 0 Å². The molecule has 1 fully saturated rings. The third-order valence-corrected chi connectivity index (χ3v) is 5.98. The molecule has 0 atom stereocenters. The van der Waals surface area contributed by atoms with Gasteiger partial charge in [0.1, 0.15) is 12.1 Å². The van der Waals surface area contributed by atoms with Crippen molar-refractivity contribution in [3.63, 3.8) is 0 Å². The summed E-state index contributed by atoms with van der Waals surface area (Å²) in [6.45, 7) is 6.56. The minimum atomic E-state index is 0.0138. The van der Waals surface area contributed by atoms with E-state index in [1.807, 2.05) is 48.9 Å². The lowest BCUT2D eigenvalue weighted by atomic mass is 10.1. The fourth-order valence-corrected chi connectivity index (χ4v) is 4.09. The van der Waals surface area contributed by atoms with Crippen LogP contribution in [0.3, 0.4) is 0 Å². The van der Waals surface area contributed by atoms with Gasteiger partial charge in [0.15, 0.2) is 5.82 Å². The van der Waals surface area contributed by atoms with Gasteiger partial charge in [-0.05, 0) is 56.4 Å². The molecule has 0 unspecified atom stereocenters. The Labute approximate surface area is 187 Å². The average molecular weight is 439 g/mol. The highest BCUT2D eigenvalue weighted by Gasteiger charge is 2.18. The molecule has 1 aliphatic heterocycles. The van der Waals surface area contributed by atoms with Crippen LogP contribution in [0, 0.1) is 13.8 Å². The highest BCUT2D eigenvalue weighted by molar-refractivity contribution is 6.30. The summed E-state index contributed by atoms with van der Waals surface area (Å²) in [4.78, 5) is 23.5. The van der Waals surface area contributed by atoms with Crippen LogP contribution in [0.5, 0.6) is 0 Å². The summed E-state index contributed by atoms with van der Waals surface area (Å²) in [5.74, 6) is 1.72. The van der Waals surface area contributed by atoms with Crippen molar-refractivity contribution in [2.24, 2.45) is 0 Å². The van der Waals surface area contributed by atoms with Gasteiger partial charge in [-0.25, -0.2) is 14.6 Å². The van der Waals surface area contributed by atoms with Gasteiger partial charge in [0.2, 0.25) is 5.91 Å². The molecule has 0 radical (unpaired) electrons. The molecule has 3 aromatic rings. The minimum absolute atomic E-state index is 0.0138. The minimum Gasteiger partial charge on any atom is -0.356 e. The Balaban J connectivity index is 1.40. The largest absolute Gasteiger partial charge is 0.356 e. The number of benzene rings is 1. The van der Waals surface area contributed by atoms with E-state index < -0.39 is 0 Å². The van der Waals surface area contributed by atoms with E-state index in [-0.39, 0.29) is 5.91 Å². The SMILES string of the molecule is Cc1nn(-c2cc(N3CCCC3)ncn2)c(C)c1CCC(=O)NCc1ccc(Cl)cc1. The molecule has 0 aliphatic carbocycles. The van der Waals surface area contributed by atoms with Gasteiger partial charge in [0, 0.05) is 42.8 Å². The standard InChI is InChI=1S/C23H27ClN6O/c1-16-20(9-10-23(31)25-14-18-5-7-19(24)8-6-18)17(2)30(28-16)22-13-21(26-15-27-22)29-11-3-4-12-29/h5-8,13,15H,3-4,9-12,14H2,1-2H3,(H,25,31). The van der Waals surface area contributed by atoms with Crippen LogP contribution in [0.4, 0.5) is 5.82 Å². The van der Waals surface area contributed by atoms with Gasteiger partial charge in [0.25, 0.3) is 0 Å². The quantitative estimate of drug-likeness (QED) is 0.607. The average Bonchev–Trinajstić information content (AvgIpc) is 3.41. The third kappa shape index (κ3) is 5.05. The second kappa shape index (κ2) is 9.47. The van der Waals surface area contributed by atoms with Crippen LogP contribution in [0.15, 0.2) is 36.7 Å². The maximum absolute atomic E-state index is 12.4. The van der Waals surface area contributed by atoms with Crippen LogP contribution in [0.1, 0.15) is 41.8 Å². The molecule has 1 amide bonds. The van der Waals surface area contributed by atoms with Gasteiger partial charge < -0.3 is 10.2 Å². The summed E-state index contributed by atoms with van der Waals surface area (Å²) < 4.78 is 1.86. The van der Waals surface area contributed by atoms with Crippen molar-refractivity contribution in [1.82, 2.24) is 25.1 Å². The lowest BCUT2D eigenvalue weighted by molar-refractivity contribution is -0.121. The summed E-state index contributed by atoms with van der Waals surface area (Å²) in [7, 11) is 0. The molecule has 0 bridgehead atoms. The van der Waals surface area contributed by atoms with E-state index in [0.29, 0.717) is 24.4 Å². The van der Waals surface area contributed by atoms with Crippen molar-refractivity contribution in [3.8, 4) is 5.82 Å². The third-order valence-electron chi connectivity index (χ3n) is 5.73. The molecule has 2 aromatic heterocycles. The van der Waals surface area contributed by atoms with Crippen molar-refractivity contribution >= 4 is 23.3 Å². The number of hydrogen-bond donors (Lipinski definition) is 1. The zero-order valence-electron chi connectivity index (χ0n) is 17.9. The second-order valence-corrected chi connectivity index (χ2v) is 8.33. The van der Waals surface area contributed by atoms with Gasteiger partial charge in [-0.15, -0.1) is 0 Å². The van der Waals surface area contributed by atoms with Crippen LogP contribution in [0.2, 0.25) is 5.02 Å². The monoisotopic (exact) mass is 438 g/mol. The Kier molecular flexibility index (Phi) is 6.51. The molecule has 1 aromatic carbocycles. The molecule has 0 spiro atoms. The lowest BCUT2D eigenvalue weighted by Gasteiger charge is -2.16. The van der Waals surface area contributed by atoms with Crippen molar-refractivity contribution in [3.05, 3.63) is 64.2 Å². The number of aromatic nitrogens is 4. The molecule has 8 heteroatoms. The summed E-state index contributed by atoms with van der Waals surface area (Å²) >= 11 is 5.90. The fraction of sp³-hybridized carbons (Fsp3) is 0.391. The molecule has 1 N–H and O–H groups in total. The molecule has 31 heavy (non-hydrogen) atoms.